The number of nitrogens with zero attached hydrogens (tertiary/aromatic N) is 3. The molecule has 0 bridgehead atoms. The summed E-state index contributed by atoms with van der Waals surface area (Å²) in [5.74, 6) is -0.172. The van der Waals surface area contributed by atoms with Crippen molar-refractivity contribution in [2.75, 3.05) is 6.54 Å². The molecule has 2 N–H and O–H groups in total. The Hall–Kier alpha value is -1.95. The summed E-state index contributed by atoms with van der Waals surface area (Å²) in [5.41, 5.74) is 1.79. The number of aromatic nitrogens is 3. The lowest BCUT2D eigenvalue weighted by molar-refractivity contribution is 0.0902. The van der Waals surface area contributed by atoms with Crippen LogP contribution < -0.4 is 5.32 Å². The monoisotopic (exact) mass is 290 g/mol. The first-order chi connectivity index (χ1) is 9.78. The molecule has 21 heavy (non-hydrogen) atoms. The Morgan fingerprint density at radius 3 is 2.86 bits per heavy atom. The van der Waals surface area contributed by atoms with E-state index in [0.717, 1.165) is 5.65 Å². The van der Waals surface area contributed by atoms with Crippen molar-refractivity contribution in [3.63, 3.8) is 0 Å². The number of rotatable bonds is 5. The third-order valence-corrected chi connectivity index (χ3v) is 3.39. The average Bonchev–Trinajstić information content (AvgIpc) is 2.76. The Morgan fingerprint density at radius 1 is 1.48 bits per heavy atom. The van der Waals surface area contributed by atoms with Crippen LogP contribution in [0.25, 0.3) is 11.2 Å². The Labute approximate surface area is 124 Å². The van der Waals surface area contributed by atoms with Crippen molar-refractivity contribution >= 4 is 17.1 Å². The summed E-state index contributed by atoms with van der Waals surface area (Å²) in [5, 5.41) is 12.3. The second-order valence-corrected chi connectivity index (χ2v) is 6.32. The lowest BCUT2D eigenvalue weighted by Gasteiger charge is -2.26. The van der Waals surface area contributed by atoms with Crippen molar-refractivity contribution in [2.45, 2.75) is 33.3 Å². The lowest BCUT2D eigenvalue weighted by atomic mass is 9.87. The predicted molar refractivity (Wildman–Crippen MR) is 80.9 cm³/mol. The second kappa shape index (κ2) is 5.81. The molecule has 1 atom stereocenters. The highest BCUT2D eigenvalue weighted by Crippen LogP contribution is 2.21. The summed E-state index contributed by atoms with van der Waals surface area (Å²) in [7, 11) is 1.86. The molecule has 6 nitrogen and oxygen atoms in total. The van der Waals surface area contributed by atoms with Crippen LogP contribution in [0.4, 0.5) is 0 Å². The van der Waals surface area contributed by atoms with Crippen LogP contribution >= 0.6 is 0 Å². The topological polar surface area (TPSA) is 80.0 Å². The van der Waals surface area contributed by atoms with Gasteiger partial charge in [-0.1, -0.05) is 13.8 Å². The zero-order valence-corrected chi connectivity index (χ0v) is 12.9. The zero-order chi connectivity index (χ0) is 15.6. The minimum atomic E-state index is -0.386. The van der Waals surface area contributed by atoms with Gasteiger partial charge < -0.3 is 15.0 Å². The van der Waals surface area contributed by atoms with Crippen molar-refractivity contribution < 1.29 is 9.90 Å². The van der Waals surface area contributed by atoms with Crippen molar-refractivity contribution in [3.05, 3.63) is 24.2 Å². The SMILES string of the molecule is CC(O)CC(C)(C)CNC(=O)c1cnc2c(c1)ncn2C. The summed E-state index contributed by atoms with van der Waals surface area (Å²) in [6.07, 6.45) is 3.47. The molecule has 1 amide bonds. The van der Waals surface area contributed by atoms with Gasteiger partial charge in [0.2, 0.25) is 0 Å². The summed E-state index contributed by atoms with van der Waals surface area (Å²) in [4.78, 5) is 20.6. The van der Waals surface area contributed by atoms with Gasteiger partial charge in [0.25, 0.3) is 5.91 Å². The van der Waals surface area contributed by atoms with Crippen LogP contribution in [-0.4, -0.2) is 38.2 Å². The first-order valence-corrected chi connectivity index (χ1v) is 7.02. The number of amides is 1. The van der Waals surface area contributed by atoms with E-state index in [2.05, 4.69) is 15.3 Å². The number of hydrogen-bond acceptors (Lipinski definition) is 4. The molecule has 0 saturated heterocycles. The molecule has 0 aromatic carbocycles. The molecule has 0 saturated carbocycles. The number of aliphatic hydroxyl groups is 1. The van der Waals surface area contributed by atoms with E-state index >= 15 is 0 Å². The van der Waals surface area contributed by atoms with E-state index in [9.17, 15) is 9.90 Å². The molecule has 1 unspecified atom stereocenters. The van der Waals surface area contributed by atoms with E-state index in [-0.39, 0.29) is 17.4 Å². The van der Waals surface area contributed by atoms with E-state index in [1.54, 1.807) is 25.5 Å². The van der Waals surface area contributed by atoms with Gasteiger partial charge in [-0.3, -0.25) is 4.79 Å². The van der Waals surface area contributed by atoms with Crippen molar-refractivity contribution in [2.24, 2.45) is 12.5 Å². The zero-order valence-electron chi connectivity index (χ0n) is 12.9. The van der Waals surface area contributed by atoms with Gasteiger partial charge in [0.1, 0.15) is 5.52 Å². The molecule has 2 aromatic rings. The minimum absolute atomic E-state index is 0.160. The van der Waals surface area contributed by atoms with Gasteiger partial charge in [0.15, 0.2) is 5.65 Å². The molecular weight excluding hydrogens is 268 g/mol. The maximum absolute atomic E-state index is 12.2. The summed E-state index contributed by atoms with van der Waals surface area (Å²) >= 11 is 0. The molecule has 0 spiro atoms. The number of pyridine rings is 1. The fourth-order valence-corrected chi connectivity index (χ4v) is 2.43. The predicted octanol–water partition coefficient (Wildman–Crippen LogP) is 1.50. The number of aryl methyl sites for hydroxylation is 1. The number of nitrogens with one attached hydrogen (secondary N) is 1. The van der Waals surface area contributed by atoms with Crippen LogP contribution in [0.15, 0.2) is 18.6 Å². The number of hydrogen-bond donors (Lipinski definition) is 2. The highest BCUT2D eigenvalue weighted by Gasteiger charge is 2.21. The Morgan fingerprint density at radius 2 is 2.19 bits per heavy atom. The van der Waals surface area contributed by atoms with Gasteiger partial charge in [-0.15, -0.1) is 0 Å². The van der Waals surface area contributed by atoms with Gasteiger partial charge in [-0.25, -0.2) is 9.97 Å². The maximum Gasteiger partial charge on any atom is 0.252 e. The molecule has 2 rings (SSSR count). The van der Waals surface area contributed by atoms with Gasteiger partial charge >= 0.3 is 0 Å². The van der Waals surface area contributed by atoms with Crippen LogP contribution in [0.5, 0.6) is 0 Å². The first-order valence-electron chi connectivity index (χ1n) is 7.02. The van der Waals surface area contributed by atoms with Gasteiger partial charge in [0, 0.05) is 19.8 Å². The fraction of sp³-hybridized carbons (Fsp3) is 0.533. The van der Waals surface area contributed by atoms with E-state index in [0.29, 0.717) is 24.0 Å². The van der Waals surface area contributed by atoms with E-state index < -0.39 is 0 Å². The van der Waals surface area contributed by atoms with Crippen molar-refractivity contribution in [1.82, 2.24) is 19.9 Å². The highest BCUT2D eigenvalue weighted by molar-refractivity contribution is 5.96. The molecular formula is C15H22N4O2. The van der Waals surface area contributed by atoms with E-state index in [1.807, 2.05) is 25.5 Å². The van der Waals surface area contributed by atoms with Crippen LogP contribution in [0.1, 0.15) is 37.6 Å². The van der Waals surface area contributed by atoms with Crippen LogP contribution in [0.2, 0.25) is 0 Å². The molecule has 114 valence electrons. The average molecular weight is 290 g/mol. The Kier molecular flexibility index (Phi) is 4.27. The number of aliphatic hydroxyl groups excluding tert-OH is 1. The Balaban J connectivity index is 2.05. The van der Waals surface area contributed by atoms with E-state index in [1.165, 1.54) is 0 Å². The number of carbonyl (C=O) groups excluding carboxylic acids is 1. The van der Waals surface area contributed by atoms with Crippen molar-refractivity contribution in [1.29, 1.82) is 0 Å². The lowest BCUT2D eigenvalue weighted by Crippen LogP contribution is -2.35. The third-order valence-electron chi connectivity index (χ3n) is 3.39. The molecule has 6 heteroatoms. The van der Waals surface area contributed by atoms with Gasteiger partial charge in [0.05, 0.1) is 18.0 Å². The molecule has 0 aliphatic rings. The van der Waals surface area contributed by atoms with Crippen LogP contribution in [0, 0.1) is 5.41 Å². The minimum Gasteiger partial charge on any atom is -0.393 e. The van der Waals surface area contributed by atoms with E-state index in [4.69, 9.17) is 0 Å². The molecule has 0 fully saturated rings. The first kappa shape index (κ1) is 15.4. The van der Waals surface area contributed by atoms with Gasteiger partial charge in [-0.2, -0.15) is 0 Å². The molecule has 0 aliphatic heterocycles. The molecule has 0 aliphatic carbocycles. The summed E-state index contributed by atoms with van der Waals surface area (Å²) in [6.45, 7) is 6.28. The van der Waals surface area contributed by atoms with Crippen LogP contribution in [0.3, 0.4) is 0 Å². The number of fused-ring (bicyclic) bond motifs is 1. The number of imidazole rings is 1. The largest absolute Gasteiger partial charge is 0.393 e. The summed E-state index contributed by atoms with van der Waals surface area (Å²) < 4.78 is 1.81. The second-order valence-electron chi connectivity index (χ2n) is 6.32. The van der Waals surface area contributed by atoms with Gasteiger partial charge in [-0.05, 0) is 24.8 Å². The normalized spacial score (nSPS) is 13.4. The van der Waals surface area contributed by atoms with Crippen LogP contribution in [-0.2, 0) is 7.05 Å². The summed E-state index contributed by atoms with van der Waals surface area (Å²) in [6, 6.07) is 1.74. The Bertz CT molecular complexity index is 646. The third kappa shape index (κ3) is 3.78. The fourth-order valence-electron chi connectivity index (χ4n) is 2.43. The standard InChI is InChI=1S/C15H22N4O2/c1-10(20)6-15(2,3)8-17-14(21)11-5-12-13(16-7-11)19(4)9-18-12/h5,7,9-10,20H,6,8H2,1-4H3,(H,17,21). The molecule has 2 heterocycles. The quantitative estimate of drug-likeness (QED) is 0.874. The maximum atomic E-state index is 12.2. The number of carbonyl (C=O) groups is 1. The van der Waals surface area contributed by atoms with Crippen molar-refractivity contribution in [3.8, 4) is 0 Å². The highest BCUT2D eigenvalue weighted by atomic mass is 16.3. The smallest absolute Gasteiger partial charge is 0.252 e. The molecule has 2 aromatic heterocycles. The molecule has 0 radical (unpaired) electrons.